The molecule has 1 aliphatic heterocycles. The van der Waals surface area contributed by atoms with Crippen LogP contribution in [0.5, 0.6) is 5.88 Å². The molecule has 0 saturated carbocycles. The van der Waals surface area contributed by atoms with Crippen LogP contribution in [-0.2, 0) is 11.2 Å². The molecule has 2 heterocycles. The van der Waals surface area contributed by atoms with Gasteiger partial charge in [0.05, 0.1) is 12.2 Å². The van der Waals surface area contributed by atoms with Crippen molar-refractivity contribution in [3.63, 3.8) is 0 Å². The van der Waals surface area contributed by atoms with Gasteiger partial charge in [-0.15, -0.1) is 5.10 Å². The van der Waals surface area contributed by atoms with Crippen LogP contribution in [-0.4, -0.2) is 40.2 Å². The zero-order valence-electron chi connectivity index (χ0n) is 13.3. The quantitative estimate of drug-likeness (QED) is 0.851. The number of aromatic nitrogens is 2. The summed E-state index contributed by atoms with van der Waals surface area (Å²) < 4.78 is 5.81. The number of aryl methyl sites for hydroxylation is 2. The fourth-order valence-electron chi connectivity index (χ4n) is 2.73. The maximum Gasteiger partial charge on any atom is 0.233 e. The Morgan fingerprint density at radius 3 is 2.78 bits per heavy atom. The van der Waals surface area contributed by atoms with E-state index in [-0.39, 0.29) is 12.0 Å². The number of carbonyl (C=O) groups excluding carboxylic acids is 1. The summed E-state index contributed by atoms with van der Waals surface area (Å²) in [5.41, 5.74) is 2.06. The molecule has 120 valence electrons. The fraction of sp³-hybridized carbons (Fsp3) is 0.389. The lowest BCUT2D eigenvalue weighted by Gasteiger charge is -2.17. The Morgan fingerprint density at radius 1 is 1.22 bits per heavy atom. The predicted octanol–water partition coefficient (Wildman–Crippen LogP) is 2.40. The monoisotopic (exact) mass is 311 g/mol. The fourth-order valence-corrected chi connectivity index (χ4v) is 2.73. The molecule has 5 nitrogen and oxygen atoms in total. The average molecular weight is 311 g/mol. The van der Waals surface area contributed by atoms with Gasteiger partial charge in [0.2, 0.25) is 11.8 Å². The molecular weight excluding hydrogens is 290 g/mol. The molecule has 5 heteroatoms. The lowest BCUT2D eigenvalue weighted by atomic mass is 10.1. The van der Waals surface area contributed by atoms with E-state index in [9.17, 15) is 4.79 Å². The van der Waals surface area contributed by atoms with Gasteiger partial charge in [-0.25, -0.2) is 0 Å². The molecule has 0 aliphatic carbocycles. The van der Waals surface area contributed by atoms with Gasteiger partial charge in [0.15, 0.2) is 0 Å². The minimum Gasteiger partial charge on any atom is -0.471 e. The molecule has 0 bridgehead atoms. The first-order chi connectivity index (χ1) is 11.2. The van der Waals surface area contributed by atoms with E-state index < -0.39 is 0 Å². The van der Waals surface area contributed by atoms with Gasteiger partial charge in [-0.05, 0) is 25.0 Å². The molecule has 1 unspecified atom stereocenters. The van der Waals surface area contributed by atoms with Crippen LogP contribution >= 0.6 is 0 Å². The summed E-state index contributed by atoms with van der Waals surface area (Å²) >= 11 is 0. The molecule has 1 amide bonds. The number of ether oxygens (including phenoxy) is 1. The summed E-state index contributed by atoms with van der Waals surface area (Å²) in [4.78, 5) is 14.2. The highest BCUT2D eigenvalue weighted by molar-refractivity contribution is 5.76. The van der Waals surface area contributed by atoms with Crippen molar-refractivity contribution in [2.45, 2.75) is 32.3 Å². The van der Waals surface area contributed by atoms with Gasteiger partial charge in [-0.2, -0.15) is 5.10 Å². The van der Waals surface area contributed by atoms with E-state index in [1.54, 1.807) is 0 Å². The highest BCUT2D eigenvalue weighted by atomic mass is 16.5. The SMILES string of the molecule is Cc1ccc(OC2CCN(C(=O)CCc3ccccc3)C2)nn1. The number of hydrogen-bond donors (Lipinski definition) is 0. The highest BCUT2D eigenvalue weighted by Crippen LogP contribution is 2.17. The zero-order valence-corrected chi connectivity index (χ0v) is 13.3. The Morgan fingerprint density at radius 2 is 2.04 bits per heavy atom. The second-order valence-electron chi connectivity index (χ2n) is 5.87. The molecule has 2 aromatic rings. The topological polar surface area (TPSA) is 55.3 Å². The number of nitrogens with zero attached hydrogens (tertiary/aromatic N) is 3. The van der Waals surface area contributed by atoms with Crippen LogP contribution < -0.4 is 4.74 Å². The van der Waals surface area contributed by atoms with Crippen molar-refractivity contribution in [3.05, 3.63) is 53.7 Å². The number of carbonyl (C=O) groups is 1. The first kappa shape index (κ1) is 15.5. The van der Waals surface area contributed by atoms with Crippen LogP contribution in [0.2, 0.25) is 0 Å². The van der Waals surface area contributed by atoms with Crippen LogP contribution in [0, 0.1) is 6.92 Å². The van der Waals surface area contributed by atoms with Gasteiger partial charge in [0.1, 0.15) is 6.10 Å². The predicted molar refractivity (Wildman–Crippen MR) is 87.1 cm³/mol. The second kappa shape index (κ2) is 7.22. The molecule has 1 aliphatic rings. The molecule has 0 N–H and O–H groups in total. The van der Waals surface area contributed by atoms with Crippen LogP contribution in [0.4, 0.5) is 0 Å². The third-order valence-corrected chi connectivity index (χ3v) is 4.03. The number of rotatable bonds is 5. The Kier molecular flexibility index (Phi) is 4.86. The molecule has 0 spiro atoms. The Labute approximate surface area is 136 Å². The van der Waals surface area contributed by atoms with Crippen LogP contribution in [0.25, 0.3) is 0 Å². The number of amides is 1. The summed E-state index contributed by atoms with van der Waals surface area (Å²) in [5, 5.41) is 7.99. The second-order valence-corrected chi connectivity index (χ2v) is 5.87. The largest absolute Gasteiger partial charge is 0.471 e. The first-order valence-corrected chi connectivity index (χ1v) is 7.99. The Bertz CT molecular complexity index is 643. The van der Waals surface area contributed by atoms with Crippen molar-refractivity contribution in [3.8, 4) is 5.88 Å². The molecule has 23 heavy (non-hydrogen) atoms. The summed E-state index contributed by atoms with van der Waals surface area (Å²) in [6.07, 6.45) is 2.17. The van der Waals surface area contributed by atoms with Gasteiger partial charge in [0.25, 0.3) is 0 Å². The minimum atomic E-state index is 0.00711. The third-order valence-electron chi connectivity index (χ3n) is 4.03. The van der Waals surface area contributed by atoms with Gasteiger partial charge >= 0.3 is 0 Å². The van der Waals surface area contributed by atoms with E-state index in [2.05, 4.69) is 22.3 Å². The molecule has 1 fully saturated rings. The van der Waals surface area contributed by atoms with Crippen LogP contribution in [0.15, 0.2) is 42.5 Å². The van der Waals surface area contributed by atoms with Crippen molar-refractivity contribution in [1.82, 2.24) is 15.1 Å². The molecule has 1 aromatic heterocycles. The van der Waals surface area contributed by atoms with Crippen molar-refractivity contribution in [2.75, 3.05) is 13.1 Å². The first-order valence-electron chi connectivity index (χ1n) is 7.99. The molecule has 1 aromatic carbocycles. The summed E-state index contributed by atoms with van der Waals surface area (Å²) in [6, 6.07) is 13.8. The van der Waals surface area contributed by atoms with E-state index >= 15 is 0 Å². The third kappa shape index (κ3) is 4.28. The lowest BCUT2D eigenvalue weighted by molar-refractivity contribution is -0.130. The normalized spacial score (nSPS) is 17.3. The molecule has 1 saturated heterocycles. The minimum absolute atomic E-state index is 0.00711. The highest BCUT2D eigenvalue weighted by Gasteiger charge is 2.27. The molecule has 1 atom stereocenters. The standard InChI is InChI=1S/C18H21N3O2/c1-14-7-9-17(20-19-14)23-16-11-12-21(13-16)18(22)10-8-15-5-3-2-4-6-15/h2-7,9,16H,8,10-13H2,1H3. The maximum absolute atomic E-state index is 12.3. The van der Waals surface area contributed by atoms with Gasteiger partial charge in [0, 0.05) is 25.5 Å². The summed E-state index contributed by atoms with van der Waals surface area (Å²) in [7, 11) is 0. The van der Waals surface area contributed by atoms with Crippen LogP contribution in [0.3, 0.4) is 0 Å². The Balaban J connectivity index is 1.47. The van der Waals surface area contributed by atoms with Gasteiger partial charge in [-0.3, -0.25) is 4.79 Å². The van der Waals surface area contributed by atoms with Crippen LogP contribution in [0.1, 0.15) is 24.1 Å². The molecule has 3 rings (SSSR count). The van der Waals surface area contributed by atoms with Crippen molar-refractivity contribution < 1.29 is 9.53 Å². The summed E-state index contributed by atoms with van der Waals surface area (Å²) in [6.45, 7) is 3.26. The number of likely N-dealkylation sites (tertiary alicyclic amines) is 1. The average Bonchev–Trinajstić information content (AvgIpc) is 3.04. The summed E-state index contributed by atoms with van der Waals surface area (Å²) in [5.74, 6) is 0.717. The zero-order chi connectivity index (χ0) is 16.1. The van der Waals surface area contributed by atoms with Crippen molar-refractivity contribution in [1.29, 1.82) is 0 Å². The Hall–Kier alpha value is -2.43. The van der Waals surface area contributed by atoms with Gasteiger partial charge < -0.3 is 9.64 Å². The van der Waals surface area contributed by atoms with E-state index in [1.165, 1.54) is 5.56 Å². The maximum atomic E-state index is 12.3. The van der Waals surface area contributed by atoms with E-state index in [1.807, 2.05) is 42.2 Å². The molecule has 0 radical (unpaired) electrons. The smallest absolute Gasteiger partial charge is 0.233 e. The number of benzene rings is 1. The number of hydrogen-bond acceptors (Lipinski definition) is 4. The van der Waals surface area contributed by atoms with Gasteiger partial charge in [-0.1, -0.05) is 30.3 Å². The van der Waals surface area contributed by atoms with Crippen molar-refractivity contribution >= 4 is 5.91 Å². The van der Waals surface area contributed by atoms with Crippen molar-refractivity contribution in [2.24, 2.45) is 0 Å². The van der Waals surface area contributed by atoms with E-state index in [0.717, 1.165) is 25.1 Å². The lowest BCUT2D eigenvalue weighted by Crippen LogP contribution is -2.31. The van der Waals surface area contributed by atoms with E-state index in [4.69, 9.17) is 4.74 Å². The molecular formula is C18H21N3O2. The van der Waals surface area contributed by atoms with E-state index in [0.29, 0.717) is 18.8 Å².